The molecule has 0 saturated carbocycles. The van der Waals surface area contributed by atoms with Gasteiger partial charge in [0.25, 0.3) is 0 Å². The molecule has 1 amide bonds. The number of carbonyl (C=O) groups excluding carboxylic acids is 1. The van der Waals surface area contributed by atoms with Gasteiger partial charge < -0.3 is 5.32 Å². The number of benzene rings is 2. The lowest BCUT2D eigenvalue weighted by Gasteiger charge is -2.33. The molecule has 1 saturated heterocycles. The van der Waals surface area contributed by atoms with E-state index in [1.165, 1.54) is 4.31 Å². The van der Waals surface area contributed by atoms with Gasteiger partial charge in [-0.15, -0.1) is 0 Å². The second kappa shape index (κ2) is 9.32. The van der Waals surface area contributed by atoms with Crippen LogP contribution in [0.1, 0.15) is 16.7 Å². The monoisotopic (exact) mass is 401 g/mol. The number of hydrogen-bond acceptors (Lipinski definition) is 4. The average Bonchev–Trinajstić information content (AvgIpc) is 2.68. The van der Waals surface area contributed by atoms with Gasteiger partial charge in [-0.1, -0.05) is 54.6 Å². The normalized spacial score (nSPS) is 16.0. The Balaban J connectivity index is 1.44. The quantitative estimate of drug-likeness (QED) is 0.768. The minimum Gasteiger partial charge on any atom is -0.351 e. The van der Waals surface area contributed by atoms with E-state index in [1.807, 2.05) is 66.4 Å². The standard InChI is InChI=1S/C21H27N3O3S/c1-18-7-5-6-10-20(18)15-22-21(25)16-23-11-13-24(14-12-23)28(26,27)17-19-8-3-2-4-9-19/h2-10H,11-17H2,1H3,(H,22,25). The maximum absolute atomic E-state index is 12.6. The molecule has 1 aliphatic rings. The van der Waals surface area contributed by atoms with E-state index >= 15 is 0 Å². The lowest BCUT2D eigenvalue weighted by atomic mass is 10.1. The van der Waals surface area contributed by atoms with Gasteiger partial charge in [0, 0.05) is 32.7 Å². The fourth-order valence-corrected chi connectivity index (χ4v) is 4.82. The van der Waals surface area contributed by atoms with Crippen LogP contribution in [0.5, 0.6) is 0 Å². The van der Waals surface area contributed by atoms with Crippen molar-refractivity contribution in [2.75, 3.05) is 32.7 Å². The average molecular weight is 402 g/mol. The first kappa shape index (κ1) is 20.5. The summed E-state index contributed by atoms with van der Waals surface area (Å²) in [4.78, 5) is 14.2. The number of rotatable bonds is 7. The van der Waals surface area contributed by atoms with E-state index in [0.29, 0.717) is 39.3 Å². The topological polar surface area (TPSA) is 69.7 Å². The Morgan fingerprint density at radius 1 is 0.964 bits per heavy atom. The van der Waals surface area contributed by atoms with Crippen LogP contribution in [0, 0.1) is 6.92 Å². The number of carbonyl (C=O) groups is 1. The fraction of sp³-hybridized carbons (Fsp3) is 0.381. The van der Waals surface area contributed by atoms with E-state index in [9.17, 15) is 13.2 Å². The lowest BCUT2D eigenvalue weighted by molar-refractivity contribution is -0.122. The number of piperazine rings is 1. The predicted molar refractivity (Wildman–Crippen MR) is 110 cm³/mol. The highest BCUT2D eigenvalue weighted by Crippen LogP contribution is 2.13. The van der Waals surface area contributed by atoms with Gasteiger partial charge in [0.2, 0.25) is 15.9 Å². The third-order valence-corrected chi connectivity index (χ3v) is 6.87. The molecule has 0 bridgehead atoms. The molecule has 1 N–H and O–H groups in total. The summed E-state index contributed by atoms with van der Waals surface area (Å²) >= 11 is 0. The van der Waals surface area contributed by atoms with Gasteiger partial charge in [-0.25, -0.2) is 8.42 Å². The second-order valence-electron chi connectivity index (χ2n) is 7.12. The van der Waals surface area contributed by atoms with Crippen LogP contribution in [0.25, 0.3) is 0 Å². The van der Waals surface area contributed by atoms with E-state index in [4.69, 9.17) is 0 Å². The minimum atomic E-state index is -3.33. The molecule has 0 radical (unpaired) electrons. The van der Waals surface area contributed by atoms with Gasteiger partial charge in [0.1, 0.15) is 0 Å². The zero-order valence-corrected chi connectivity index (χ0v) is 17.0. The maximum atomic E-state index is 12.6. The number of hydrogen-bond donors (Lipinski definition) is 1. The number of nitrogens with one attached hydrogen (secondary N) is 1. The number of nitrogens with zero attached hydrogens (tertiary/aromatic N) is 2. The summed E-state index contributed by atoms with van der Waals surface area (Å²) in [6, 6.07) is 17.2. The van der Waals surface area contributed by atoms with Crippen LogP contribution in [0.4, 0.5) is 0 Å². The van der Waals surface area contributed by atoms with Crippen LogP contribution in [0.2, 0.25) is 0 Å². The summed E-state index contributed by atoms with van der Waals surface area (Å²) in [5.74, 6) is -0.0195. The van der Waals surface area contributed by atoms with Crippen LogP contribution in [-0.4, -0.2) is 56.3 Å². The summed E-state index contributed by atoms with van der Waals surface area (Å²) in [5.41, 5.74) is 3.05. The van der Waals surface area contributed by atoms with Crippen molar-refractivity contribution >= 4 is 15.9 Å². The van der Waals surface area contributed by atoms with Crippen molar-refractivity contribution < 1.29 is 13.2 Å². The van der Waals surface area contributed by atoms with Crippen LogP contribution in [0.3, 0.4) is 0 Å². The molecule has 0 spiro atoms. The summed E-state index contributed by atoms with van der Waals surface area (Å²) in [5, 5.41) is 2.95. The highest BCUT2D eigenvalue weighted by atomic mass is 32.2. The zero-order chi connectivity index (χ0) is 20.0. The van der Waals surface area contributed by atoms with Gasteiger partial charge in [0.15, 0.2) is 0 Å². The smallest absolute Gasteiger partial charge is 0.234 e. The molecule has 0 unspecified atom stereocenters. The number of sulfonamides is 1. The van der Waals surface area contributed by atoms with Crippen molar-refractivity contribution in [2.24, 2.45) is 0 Å². The van der Waals surface area contributed by atoms with Gasteiger partial charge in [-0.2, -0.15) is 4.31 Å². The summed E-state index contributed by atoms with van der Waals surface area (Å²) in [6.45, 7) is 4.78. The van der Waals surface area contributed by atoms with E-state index in [2.05, 4.69) is 5.32 Å². The predicted octanol–water partition coefficient (Wildman–Crippen LogP) is 1.76. The summed E-state index contributed by atoms with van der Waals surface area (Å²) in [6.07, 6.45) is 0. The molecule has 150 valence electrons. The first-order valence-electron chi connectivity index (χ1n) is 9.49. The Hall–Kier alpha value is -2.22. The van der Waals surface area contributed by atoms with Gasteiger partial charge in [0.05, 0.1) is 12.3 Å². The molecule has 1 fully saturated rings. The van der Waals surface area contributed by atoms with Crippen molar-refractivity contribution in [3.63, 3.8) is 0 Å². The lowest BCUT2D eigenvalue weighted by Crippen LogP contribution is -2.51. The molecule has 1 heterocycles. The maximum Gasteiger partial charge on any atom is 0.234 e. The molecule has 7 heteroatoms. The Kier molecular flexibility index (Phi) is 6.83. The molecule has 2 aromatic carbocycles. The first-order chi connectivity index (χ1) is 13.4. The molecule has 3 rings (SSSR count). The molecule has 0 aromatic heterocycles. The third kappa shape index (κ3) is 5.64. The zero-order valence-electron chi connectivity index (χ0n) is 16.2. The molecule has 1 aliphatic heterocycles. The van der Waals surface area contributed by atoms with Gasteiger partial charge >= 0.3 is 0 Å². The number of aryl methyl sites for hydroxylation is 1. The highest BCUT2D eigenvalue weighted by molar-refractivity contribution is 7.88. The molecule has 0 atom stereocenters. The van der Waals surface area contributed by atoms with Crippen LogP contribution >= 0.6 is 0 Å². The van der Waals surface area contributed by atoms with Crippen LogP contribution in [0.15, 0.2) is 54.6 Å². The Bertz CT molecular complexity index is 892. The molecule has 0 aliphatic carbocycles. The van der Waals surface area contributed by atoms with E-state index < -0.39 is 10.0 Å². The van der Waals surface area contributed by atoms with Gasteiger partial charge in [-0.05, 0) is 23.6 Å². The molecule has 6 nitrogen and oxygen atoms in total. The highest BCUT2D eigenvalue weighted by Gasteiger charge is 2.27. The Morgan fingerprint density at radius 3 is 2.29 bits per heavy atom. The molecular formula is C21H27N3O3S. The SMILES string of the molecule is Cc1ccccc1CNC(=O)CN1CCN(S(=O)(=O)Cc2ccccc2)CC1. The minimum absolute atomic E-state index is 0.0186. The Morgan fingerprint density at radius 2 is 1.61 bits per heavy atom. The third-order valence-electron chi connectivity index (χ3n) is 5.02. The molecule has 28 heavy (non-hydrogen) atoms. The van der Waals surface area contributed by atoms with Crippen molar-refractivity contribution in [1.29, 1.82) is 0 Å². The largest absolute Gasteiger partial charge is 0.351 e. The Labute approximate surface area is 167 Å². The fourth-order valence-electron chi connectivity index (χ4n) is 3.30. The molecule has 2 aromatic rings. The molecular weight excluding hydrogens is 374 g/mol. The van der Waals surface area contributed by atoms with Gasteiger partial charge in [-0.3, -0.25) is 9.69 Å². The van der Waals surface area contributed by atoms with Crippen molar-refractivity contribution in [3.05, 3.63) is 71.3 Å². The van der Waals surface area contributed by atoms with Crippen LogP contribution < -0.4 is 5.32 Å². The first-order valence-corrected chi connectivity index (χ1v) is 11.1. The number of amides is 1. The van der Waals surface area contributed by atoms with Crippen LogP contribution in [-0.2, 0) is 27.1 Å². The van der Waals surface area contributed by atoms with Crippen molar-refractivity contribution in [1.82, 2.24) is 14.5 Å². The van der Waals surface area contributed by atoms with E-state index in [1.54, 1.807) is 0 Å². The summed E-state index contributed by atoms with van der Waals surface area (Å²) in [7, 11) is -3.33. The van der Waals surface area contributed by atoms with E-state index in [0.717, 1.165) is 16.7 Å². The van der Waals surface area contributed by atoms with Crippen molar-refractivity contribution in [2.45, 2.75) is 19.2 Å². The van der Waals surface area contributed by atoms with E-state index in [-0.39, 0.29) is 11.7 Å². The summed E-state index contributed by atoms with van der Waals surface area (Å²) < 4.78 is 26.7. The van der Waals surface area contributed by atoms with Crippen molar-refractivity contribution in [3.8, 4) is 0 Å². The second-order valence-corrected chi connectivity index (χ2v) is 9.09.